The Morgan fingerprint density at radius 3 is 1.26 bits per heavy atom. The largest absolute Gasteiger partial charge is 0.343 e. The molecule has 0 aromatic carbocycles. The monoisotopic (exact) mass is 1210 g/mol. The van der Waals surface area contributed by atoms with E-state index in [4.69, 9.17) is 0 Å². The Labute approximate surface area is 514 Å². The first kappa shape index (κ1) is 77.6. The van der Waals surface area contributed by atoms with E-state index in [0.29, 0.717) is 0 Å². The lowest BCUT2D eigenvalue weighted by atomic mass is 9.92. The molecule has 0 bridgehead atoms. The second kappa shape index (κ2) is 34.8. The van der Waals surface area contributed by atoms with Gasteiger partial charge in [0.15, 0.2) is 11.8 Å². The van der Waals surface area contributed by atoms with Crippen molar-refractivity contribution in [1.29, 1.82) is 0 Å². The van der Waals surface area contributed by atoms with E-state index in [9.17, 15) is 47.9 Å². The average Bonchev–Trinajstić information content (AvgIpc) is 2.16. The van der Waals surface area contributed by atoms with Gasteiger partial charge in [-0.1, -0.05) is 116 Å². The van der Waals surface area contributed by atoms with Crippen molar-refractivity contribution in [2.24, 2.45) is 47.3 Å². The fourth-order valence-electron chi connectivity index (χ4n) is 10.7. The van der Waals surface area contributed by atoms with Gasteiger partial charge in [0, 0.05) is 55.3 Å². The van der Waals surface area contributed by atoms with Crippen LogP contribution in [0.1, 0.15) is 157 Å². The minimum absolute atomic E-state index is 0.128. The normalized spacial score (nSPS) is 26.4. The van der Waals surface area contributed by atoms with Crippen LogP contribution in [0, 0.1) is 47.3 Å². The molecule has 1 aliphatic heterocycles. The van der Waals surface area contributed by atoms with Gasteiger partial charge in [0.05, 0.1) is 6.54 Å². The summed E-state index contributed by atoms with van der Waals surface area (Å²) in [7, 11) is 9.80. The van der Waals surface area contributed by atoms with Crippen LogP contribution >= 0.6 is 0 Å². The van der Waals surface area contributed by atoms with E-state index in [1.54, 1.807) is 67.5 Å². The van der Waals surface area contributed by atoms with Gasteiger partial charge in [-0.15, -0.1) is 0 Å². The summed E-state index contributed by atoms with van der Waals surface area (Å²) in [4.78, 5) is 183. The highest BCUT2D eigenvalue weighted by Gasteiger charge is 2.46. The van der Waals surface area contributed by atoms with Crippen LogP contribution in [0.15, 0.2) is 12.2 Å². The van der Waals surface area contributed by atoms with Gasteiger partial charge in [-0.3, -0.25) is 57.5 Å². The number of likely N-dealkylation sites (N-methyl/N-ethyl adjacent to an activating group) is 7. The molecule has 0 aromatic heterocycles. The van der Waals surface area contributed by atoms with E-state index in [2.05, 4.69) is 21.3 Å². The van der Waals surface area contributed by atoms with Crippen LogP contribution in [0.4, 0.5) is 0 Å². The number of Topliss-reactive ketones (excluding diaryl/α,β-unsaturated/α-hetero) is 1. The van der Waals surface area contributed by atoms with E-state index in [1.807, 2.05) is 55.4 Å². The molecule has 1 heterocycles. The Morgan fingerprint density at radius 2 is 0.814 bits per heavy atom. The number of amides is 11. The topological polar surface area (TPSA) is 276 Å². The molecule has 0 aromatic rings. The van der Waals surface area contributed by atoms with Gasteiger partial charge in [0.2, 0.25) is 59.1 Å². The molecule has 23 heteroatoms. The summed E-state index contributed by atoms with van der Waals surface area (Å²) in [5.41, 5.74) is 0. The zero-order valence-electron chi connectivity index (χ0n) is 56.8. The molecule has 11 atom stereocenters. The van der Waals surface area contributed by atoms with Crippen molar-refractivity contribution in [3.63, 3.8) is 0 Å². The zero-order valence-corrected chi connectivity index (χ0v) is 56.8. The Balaban J connectivity index is 4.37. The third kappa shape index (κ3) is 21.5. The Bertz CT molecular complexity index is 2410. The molecular weight excluding hydrogens is 1100 g/mol. The maximum absolute atomic E-state index is 15.2. The van der Waals surface area contributed by atoms with Crippen LogP contribution in [-0.2, 0) is 57.5 Å². The van der Waals surface area contributed by atoms with Crippen LogP contribution in [0.2, 0.25) is 0 Å². The molecule has 1 aliphatic rings. The van der Waals surface area contributed by atoms with E-state index in [1.165, 1.54) is 87.7 Å². The summed E-state index contributed by atoms with van der Waals surface area (Å²) >= 11 is 0. The fraction of sp³-hybridized carbons (Fsp3) is 0.778. The lowest BCUT2D eigenvalue weighted by Gasteiger charge is -2.41. The lowest BCUT2D eigenvalue weighted by Crippen LogP contribution is -2.63. The number of carbonyl (C=O) groups excluding carboxylic acids is 12. The second-order valence-electron chi connectivity index (χ2n) is 26.6. The summed E-state index contributed by atoms with van der Waals surface area (Å²) in [5, 5.41) is 11.0. The van der Waals surface area contributed by atoms with Crippen molar-refractivity contribution < 1.29 is 57.5 Å². The molecule has 0 aliphatic carbocycles. The maximum atomic E-state index is 15.2. The molecule has 1 saturated heterocycles. The van der Waals surface area contributed by atoms with Gasteiger partial charge in [-0.2, -0.15) is 0 Å². The summed E-state index contributed by atoms with van der Waals surface area (Å²) in [6, 6.07) is -12.7. The first-order chi connectivity index (χ1) is 39.6. The summed E-state index contributed by atoms with van der Waals surface area (Å²) in [6.07, 6.45) is 4.28. The third-order valence-electron chi connectivity index (χ3n) is 16.1. The highest BCUT2D eigenvalue weighted by Crippen LogP contribution is 2.25. The number of allylic oxidation sites excluding steroid dienone is 2. The van der Waals surface area contributed by atoms with E-state index < -0.39 is 161 Å². The number of hydrogen-bond donors (Lipinski definition) is 4. The van der Waals surface area contributed by atoms with Gasteiger partial charge < -0.3 is 55.6 Å². The zero-order chi connectivity index (χ0) is 66.8. The Hall–Kier alpha value is -6.42. The second-order valence-corrected chi connectivity index (χ2v) is 26.6. The lowest BCUT2D eigenvalue weighted by molar-refractivity contribution is -0.157. The quantitative estimate of drug-likeness (QED) is 0.135. The number of nitrogens with zero attached hydrogens (tertiary/aromatic N) is 7. The molecule has 4 N–H and O–H groups in total. The minimum atomic E-state index is -1.82. The van der Waals surface area contributed by atoms with Crippen molar-refractivity contribution in [1.82, 2.24) is 55.6 Å². The first-order valence-corrected chi connectivity index (χ1v) is 30.8. The number of hydrogen-bond acceptors (Lipinski definition) is 12. The molecule has 86 heavy (non-hydrogen) atoms. The minimum Gasteiger partial charge on any atom is -0.343 e. The number of rotatable bonds is 15. The van der Waals surface area contributed by atoms with Gasteiger partial charge in [-0.05, 0) is 94.3 Å². The predicted octanol–water partition coefficient (Wildman–Crippen LogP) is 3.72. The first-order valence-electron chi connectivity index (χ1n) is 30.8. The van der Waals surface area contributed by atoms with Crippen molar-refractivity contribution in [3.8, 4) is 0 Å². The molecule has 1 fully saturated rings. The third-order valence-corrected chi connectivity index (χ3v) is 16.1. The van der Waals surface area contributed by atoms with Crippen LogP contribution in [0.5, 0.6) is 0 Å². The van der Waals surface area contributed by atoms with Crippen molar-refractivity contribution >= 4 is 70.8 Å². The molecule has 0 radical (unpaired) electrons. The van der Waals surface area contributed by atoms with E-state index in [-0.39, 0.29) is 55.8 Å². The standard InChI is InChI=1S/C63H111N11O12/c1-26-27-28-41(16)53(76)52-57(80)67-49(38(10)11)61(84)68(19)33-48(75)69(20)44(29-34(2)3)56(79)66-50(39(12)13)62(85)70(21)45(30-35(4)5)55(78)64-42(17)54(77)65-43(18)58(81)71(22)46(31-36(6)7)59(82)72(23)47(32-37(8)9)60(83)73(24)51(40(14)15)63(86)74(52)25/h26-27,34-47,49-52H,28-33H2,1-25H3,(H,64,78)(H,65,77)(H,66,79)(H,67,80)/t41-,42+,43+,44+,45+,46+,47+,49+,50+,51+,52?/m1/s1. The molecule has 0 spiro atoms. The molecule has 1 rings (SSSR count). The Kier molecular flexibility index (Phi) is 31.4. The summed E-state index contributed by atoms with van der Waals surface area (Å²) in [6.45, 7) is 30.8. The number of nitrogens with one attached hydrogen (secondary N) is 4. The molecule has 23 nitrogen and oxygen atoms in total. The van der Waals surface area contributed by atoms with Crippen LogP contribution < -0.4 is 21.3 Å². The highest BCUT2D eigenvalue weighted by atomic mass is 16.2. The Morgan fingerprint density at radius 1 is 0.430 bits per heavy atom. The smallest absolute Gasteiger partial charge is 0.251 e. The van der Waals surface area contributed by atoms with Crippen LogP contribution in [-0.4, -0.2) is 221 Å². The maximum Gasteiger partial charge on any atom is 0.251 e. The number of ketones is 1. The van der Waals surface area contributed by atoms with Crippen LogP contribution in [0.25, 0.3) is 0 Å². The van der Waals surface area contributed by atoms with Gasteiger partial charge in [0.25, 0.3) is 5.91 Å². The van der Waals surface area contributed by atoms with Crippen LogP contribution in [0.3, 0.4) is 0 Å². The van der Waals surface area contributed by atoms with Gasteiger partial charge in [-0.25, -0.2) is 0 Å². The molecule has 490 valence electrons. The van der Waals surface area contributed by atoms with Gasteiger partial charge >= 0.3 is 0 Å². The van der Waals surface area contributed by atoms with E-state index in [0.717, 1.165) is 9.80 Å². The van der Waals surface area contributed by atoms with Crippen molar-refractivity contribution in [3.05, 3.63) is 12.2 Å². The van der Waals surface area contributed by atoms with E-state index >= 15 is 9.59 Å². The SMILES string of the molecule is CC=CC[C@@H](C)C(=O)C1C(=O)N[C@@H](C(C)C)C(=O)N(C)CC(=O)N(C)[C@@H](CC(C)C)C(=O)N[C@@H](C(C)C)C(=O)N(C)[C@@H](CC(C)C)C(=O)N[C@@H](C)C(=O)N[C@@H](C)C(=O)N(C)[C@@H](CC(C)C)C(=O)N(C)[C@@H](CC(C)C)C(=O)N(C)[C@@H](C(C)C)C(=O)N1C. The summed E-state index contributed by atoms with van der Waals surface area (Å²) in [5.74, 6) is -11.6. The molecule has 1 unspecified atom stereocenters. The van der Waals surface area contributed by atoms with Gasteiger partial charge in [0.1, 0.15) is 54.4 Å². The number of carbonyl (C=O) groups is 12. The predicted molar refractivity (Wildman–Crippen MR) is 332 cm³/mol. The van der Waals surface area contributed by atoms with Crippen molar-refractivity contribution in [2.75, 3.05) is 55.9 Å². The fourth-order valence-corrected chi connectivity index (χ4v) is 10.7. The average molecular weight is 1210 g/mol. The molecular formula is C63H111N11O12. The molecule has 0 saturated carbocycles. The summed E-state index contributed by atoms with van der Waals surface area (Å²) < 4.78 is 0. The van der Waals surface area contributed by atoms with Crippen molar-refractivity contribution in [2.45, 2.75) is 217 Å². The molecule has 11 amide bonds. The highest BCUT2D eigenvalue weighted by molar-refractivity contribution is 6.10.